The first-order chi connectivity index (χ1) is 13.5. The number of nitrogens with one attached hydrogen (secondary N) is 1. The third-order valence-electron chi connectivity index (χ3n) is 3.97. The zero-order valence-electron chi connectivity index (χ0n) is 15.3. The molecular formula is C20H18ClNO5S. The number of hydrogen-bond donors (Lipinski definition) is 1. The van der Waals surface area contributed by atoms with E-state index in [1.165, 1.54) is 25.6 Å². The Labute approximate surface area is 171 Å². The van der Waals surface area contributed by atoms with Crippen molar-refractivity contribution in [2.45, 2.75) is 6.61 Å². The zero-order chi connectivity index (χ0) is 20.1. The maximum Gasteiger partial charge on any atom is 0.325 e. The van der Waals surface area contributed by atoms with Crippen LogP contribution in [0.1, 0.15) is 15.2 Å². The van der Waals surface area contributed by atoms with E-state index < -0.39 is 11.9 Å². The van der Waals surface area contributed by atoms with E-state index in [4.69, 9.17) is 25.8 Å². The van der Waals surface area contributed by atoms with Crippen LogP contribution in [0.15, 0.2) is 42.5 Å². The molecule has 0 aliphatic rings. The molecule has 0 saturated carbocycles. The van der Waals surface area contributed by atoms with Crippen molar-refractivity contribution in [3.63, 3.8) is 0 Å². The lowest BCUT2D eigenvalue weighted by molar-refractivity contribution is -0.143. The third kappa shape index (κ3) is 4.55. The molecule has 1 amide bonds. The highest BCUT2D eigenvalue weighted by molar-refractivity contribution is 7.19. The highest BCUT2D eigenvalue weighted by Crippen LogP contribution is 2.35. The van der Waals surface area contributed by atoms with Gasteiger partial charge in [0.05, 0.1) is 24.1 Å². The van der Waals surface area contributed by atoms with Crippen LogP contribution >= 0.6 is 22.9 Å². The predicted octanol–water partition coefficient (Wildman–Crippen LogP) is 4.05. The van der Waals surface area contributed by atoms with Gasteiger partial charge in [0.1, 0.15) is 24.7 Å². The number of carbonyl (C=O) groups is 2. The first-order valence-corrected chi connectivity index (χ1v) is 9.54. The Morgan fingerprint density at radius 1 is 1.07 bits per heavy atom. The number of halogens is 1. The van der Waals surface area contributed by atoms with Crippen LogP contribution in [-0.2, 0) is 16.1 Å². The topological polar surface area (TPSA) is 73.9 Å². The smallest absolute Gasteiger partial charge is 0.325 e. The van der Waals surface area contributed by atoms with Crippen LogP contribution in [0.3, 0.4) is 0 Å². The van der Waals surface area contributed by atoms with Gasteiger partial charge in [0, 0.05) is 21.7 Å². The standard InChI is InChI=1S/C20H18ClNO5S/c1-25-13-7-12(8-14(9-13)26-2)20(24)22-10-18(23)27-11-17-19(21)15-5-3-4-6-16(15)28-17/h3-9H,10-11H2,1-2H3,(H,22,24). The van der Waals surface area contributed by atoms with Gasteiger partial charge in [-0.25, -0.2) is 0 Å². The fraction of sp³-hybridized carbons (Fsp3) is 0.200. The Hall–Kier alpha value is -2.77. The lowest BCUT2D eigenvalue weighted by Gasteiger charge is -2.09. The van der Waals surface area contributed by atoms with Gasteiger partial charge in [-0.2, -0.15) is 0 Å². The Kier molecular flexibility index (Phi) is 6.38. The number of benzene rings is 2. The minimum absolute atomic E-state index is 0.0554. The van der Waals surface area contributed by atoms with E-state index in [9.17, 15) is 9.59 Å². The van der Waals surface area contributed by atoms with Crippen LogP contribution < -0.4 is 14.8 Å². The Morgan fingerprint density at radius 3 is 2.39 bits per heavy atom. The molecule has 0 fully saturated rings. The Morgan fingerprint density at radius 2 is 1.75 bits per heavy atom. The van der Waals surface area contributed by atoms with Crippen LogP contribution in [-0.4, -0.2) is 32.6 Å². The number of esters is 1. The van der Waals surface area contributed by atoms with Crippen molar-refractivity contribution >= 4 is 44.9 Å². The number of methoxy groups -OCH3 is 2. The van der Waals surface area contributed by atoms with E-state index >= 15 is 0 Å². The van der Waals surface area contributed by atoms with Gasteiger partial charge in [0.25, 0.3) is 5.91 Å². The van der Waals surface area contributed by atoms with E-state index in [0.717, 1.165) is 15.0 Å². The molecule has 0 aliphatic carbocycles. The number of amides is 1. The predicted molar refractivity (Wildman–Crippen MR) is 109 cm³/mol. The molecule has 0 atom stereocenters. The summed E-state index contributed by atoms with van der Waals surface area (Å²) in [4.78, 5) is 25.0. The largest absolute Gasteiger partial charge is 0.497 e. The van der Waals surface area contributed by atoms with Crippen molar-refractivity contribution in [1.29, 1.82) is 0 Å². The molecule has 0 radical (unpaired) electrons. The van der Waals surface area contributed by atoms with Gasteiger partial charge in [-0.05, 0) is 18.2 Å². The number of fused-ring (bicyclic) bond motifs is 1. The van der Waals surface area contributed by atoms with E-state index in [1.54, 1.807) is 18.2 Å². The van der Waals surface area contributed by atoms with E-state index in [1.807, 2.05) is 24.3 Å². The molecule has 8 heteroatoms. The molecule has 0 spiro atoms. The van der Waals surface area contributed by atoms with Gasteiger partial charge in [-0.3, -0.25) is 9.59 Å². The van der Waals surface area contributed by atoms with Crippen molar-refractivity contribution in [2.75, 3.05) is 20.8 Å². The summed E-state index contributed by atoms with van der Waals surface area (Å²) in [7, 11) is 2.99. The number of carbonyl (C=O) groups excluding carboxylic acids is 2. The highest BCUT2D eigenvalue weighted by Gasteiger charge is 2.14. The number of ether oxygens (including phenoxy) is 3. The van der Waals surface area contributed by atoms with Gasteiger partial charge in [-0.1, -0.05) is 29.8 Å². The molecule has 0 unspecified atom stereocenters. The normalized spacial score (nSPS) is 10.5. The number of hydrogen-bond acceptors (Lipinski definition) is 6. The quantitative estimate of drug-likeness (QED) is 0.585. The number of rotatable bonds is 7. The molecule has 1 N–H and O–H groups in total. The van der Waals surface area contributed by atoms with Crippen LogP contribution in [0.2, 0.25) is 5.02 Å². The van der Waals surface area contributed by atoms with Gasteiger partial charge >= 0.3 is 5.97 Å². The second-order valence-electron chi connectivity index (χ2n) is 5.78. The molecule has 0 bridgehead atoms. The Balaban J connectivity index is 1.56. The van der Waals surface area contributed by atoms with E-state index in [0.29, 0.717) is 22.1 Å². The zero-order valence-corrected chi connectivity index (χ0v) is 16.9. The molecule has 1 heterocycles. The van der Waals surface area contributed by atoms with Crippen molar-refractivity contribution in [3.8, 4) is 11.5 Å². The van der Waals surface area contributed by atoms with Gasteiger partial charge in [0.2, 0.25) is 0 Å². The molecule has 0 aliphatic heterocycles. The first-order valence-electron chi connectivity index (χ1n) is 8.34. The minimum atomic E-state index is -0.559. The SMILES string of the molecule is COc1cc(OC)cc(C(=O)NCC(=O)OCc2sc3ccccc3c2Cl)c1. The summed E-state index contributed by atoms with van der Waals surface area (Å²) in [5, 5.41) is 4.04. The fourth-order valence-corrected chi connectivity index (χ4v) is 3.95. The average molecular weight is 420 g/mol. The second kappa shape index (κ2) is 8.95. The summed E-state index contributed by atoms with van der Waals surface area (Å²) in [5.74, 6) is -0.0382. The Bertz CT molecular complexity index is 995. The molecule has 1 aromatic heterocycles. The summed E-state index contributed by atoms with van der Waals surface area (Å²) in [6, 6.07) is 12.5. The van der Waals surface area contributed by atoms with Gasteiger partial charge < -0.3 is 19.5 Å². The summed E-state index contributed by atoms with van der Waals surface area (Å²) < 4.78 is 16.5. The molecule has 3 rings (SSSR count). The monoisotopic (exact) mass is 419 g/mol. The van der Waals surface area contributed by atoms with Crippen LogP contribution in [0.4, 0.5) is 0 Å². The molecular weight excluding hydrogens is 402 g/mol. The van der Waals surface area contributed by atoms with Crippen LogP contribution in [0.25, 0.3) is 10.1 Å². The van der Waals surface area contributed by atoms with Gasteiger partial charge in [0.15, 0.2) is 0 Å². The van der Waals surface area contributed by atoms with E-state index in [2.05, 4.69) is 5.32 Å². The lowest BCUT2D eigenvalue weighted by Crippen LogP contribution is -2.30. The van der Waals surface area contributed by atoms with Crippen molar-refractivity contribution in [2.24, 2.45) is 0 Å². The maximum absolute atomic E-state index is 12.3. The highest BCUT2D eigenvalue weighted by atomic mass is 35.5. The summed E-state index contributed by atoms with van der Waals surface area (Å²) >= 11 is 7.80. The number of thiophene rings is 1. The second-order valence-corrected chi connectivity index (χ2v) is 7.29. The van der Waals surface area contributed by atoms with Crippen LogP contribution in [0, 0.1) is 0 Å². The van der Waals surface area contributed by atoms with Crippen molar-refractivity contribution in [3.05, 3.63) is 57.9 Å². The molecule has 6 nitrogen and oxygen atoms in total. The van der Waals surface area contributed by atoms with Gasteiger partial charge in [-0.15, -0.1) is 11.3 Å². The third-order valence-corrected chi connectivity index (χ3v) is 5.66. The lowest BCUT2D eigenvalue weighted by atomic mass is 10.2. The van der Waals surface area contributed by atoms with Crippen LogP contribution in [0.5, 0.6) is 11.5 Å². The van der Waals surface area contributed by atoms with Crippen molar-refractivity contribution < 1.29 is 23.8 Å². The molecule has 28 heavy (non-hydrogen) atoms. The molecule has 146 valence electrons. The van der Waals surface area contributed by atoms with Crippen molar-refractivity contribution in [1.82, 2.24) is 5.32 Å². The summed E-state index contributed by atoms with van der Waals surface area (Å²) in [6.07, 6.45) is 0. The average Bonchev–Trinajstić information content (AvgIpc) is 3.05. The molecule has 2 aromatic carbocycles. The first kappa shape index (κ1) is 20.0. The minimum Gasteiger partial charge on any atom is -0.497 e. The molecule has 0 saturated heterocycles. The summed E-state index contributed by atoms with van der Waals surface area (Å²) in [6.45, 7) is -0.208. The maximum atomic E-state index is 12.3. The fourth-order valence-electron chi connectivity index (χ4n) is 2.55. The van der Waals surface area contributed by atoms with E-state index in [-0.39, 0.29) is 13.2 Å². The molecule has 3 aromatic rings. The summed E-state index contributed by atoms with van der Waals surface area (Å²) in [5.41, 5.74) is 0.316.